The van der Waals surface area contributed by atoms with Crippen LogP contribution in [0.5, 0.6) is 0 Å². The number of nitrogens with zero attached hydrogens (tertiary/aromatic N) is 2. The number of aromatic amines is 1. The molecule has 0 radical (unpaired) electrons. The van der Waals surface area contributed by atoms with E-state index in [0.717, 1.165) is 31.6 Å². The molecule has 1 amide bonds. The first-order valence-corrected chi connectivity index (χ1v) is 6.90. The van der Waals surface area contributed by atoms with Gasteiger partial charge in [0.05, 0.1) is 17.5 Å². The number of aryl methyl sites for hydroxylation is 1. The lowest BCUT2D eigenvalue weighted by Crippen LogP contribution is -2.37. The van der Waals surface area contributed by atoms with E-state index >= 15 is 0 Å². The predicted octanol–water partition coefficient (Wildman–Crippen LogP) is 1.20. The number of H-pyrrole nitrogens is 1. The van der Waals surface area contributed by atoms with Gasteiger partial charge < -0.3 is 15.4 Å². The van der Waals surface area contributed by atoms with Crippen LogP contribution in [-0.4, -0.2) is 46.8 Å². The van der Waals surface area contributed by atoms with Crippen molar-refractivity contribution in [3.8, 4) is 0 Å². The van der Waals surface area contributed by atoms with Crippen molar-refractivity contribution < 1.29 is 9.53 Å². The van der Waals surface area contributed by atoms with Crippen LogP contribution in [0.15, 0.2) is 0 Å². The molecule has 1 aromatic rings. The fraction of sp³-hybridized carbons (Fsp3) is 0.692. The minimum Gasteiger partial charge on any atom is -0.395 e. The lowest BCUT2D eigenvalue weighted by Gasteiger charge is -2.23. The molecule has 2 rings (SSSR count). The number of hydrogen-bond donors (Lipinski definition) is 2. The SMILES string of the molecule is CCc1[nH]nc(C(=O)N(CC)CC2CCCO2)c1N. The zero-order chi connectivity index (χ0) is 13.8. The number of aromatic nitrogens is 2. The summed E-state index contributed by atoms with van der Waals surface area (Å²) in [5.74, 6) is -0.119. The van der Waals surface area contributed by atoms with Crippen LogP contribution in [0.2, 0.25) is 0 Å². The van der Waals surface area contributed by atoms with E-state index in [9.17, 15) is 4.79 Å². The molecule has 2 heterocycles. The number of anilines is 1. The number of nitrogens with two attached hydrogens (primary N) is 1. The van der Waals surface area contributed by atoms with Crippen LogP contribution >= 0.6 is 0 Å². The Morgan fingerprint density at radius 1 is 1.58 bits per heavy atom. The number of rotatable bonds is 5. The van der Waals surface area contributed by atoms with Crippen LogP contribution in [0.1, 0.15) is 42.9 Å². The van der Waals surface area contributed by atoms with E-state index in [1.165, 1.54) is 0 Å². The smallest absolute Gasteiger partial charge is 0.276 e. The van der Waals surface area contributed by atoms with E-state index in [1.54, 1.807) is 4.90 Å². The summed E-state index contributed by atoms with van der Waals surface area (Å²) in [5.41, 5.74) is 7.56. The molecule has 0 spiro atoms. The second-order valence-electron chi connectivity index (χ2n) is 4.80. The maximum atomic E-state index is 12.4. The quantitative estimate of drug-likeness (QED) is 0.838. The minimum atomic E-state index is -0.119. The monoisotopic (exact) mass is 266 g/mol. The minimum absolute atomic E-state index is 0.119. The maximum Gasteiger partial charge on any atom is 0.276 e. The van der Waals surface area contributed by atoms with Crippen LogP contribution in [0.25, 0.3) is 0 Å². The Morgan fingerprint density at radius 2 is 2.37 bits per heavy atom. The normalized spacial score (nSPS) is 18.7. The molecule has 19 heavy (non-hydrogen) atoms. The van der Waals surface area contributed by atoms with Crippen molar-refractivity contribution >= 4 is 11.6 Å². The Labute approximate surface area is 113 Å². The van der Waals surface area contributed by atoms with Gasteiger partial charge in [-0.2, -0.15) is 5.10 Å². The van der Waals surface area contributed by atoms with Crippen molar-refractivity contribution in [2.75, 3.05) is 25.4 Å². The van der Waals surface area contributed by atoms with Gasteiger partial charge in [-0.25, -0.2) is 0 Å². The number of nitrogen functional groups attached to an aromatic ring is 1. The molecule has 1 aliphatic heterocycles. The van der Waals surface area contributed by atoms with Crippen molar-refractivity contribution in [3.63, 3.8) is 0 Å². The van der Waals surface area contributed by atoms with Gasteiger partial charge >= 0.3 is 0 Å². The van der Waals surface area contributed by atoms with Gasteiger partial charge in [0, 0.05) is 19.7 Å². The van der Waals surface area contributed by atoms with Crippen molar-refractivity contribution in [2.45, 2.75) is 39.2 Å². The second-order valence-corrected chi connectivity index (χ2v) is 4.80. The molecule has 0 saturated carbocycles. The van der Waals surface area contributed by atoms with Gasteiger partial charge in [0.25, 0.3) is 5.91 Å². The molecular weight excluding hydrogens is 244 g/mol. The summed E-state index contributed by atoms with van der Waals surface area (Å²) in [6.45, 7) is 5.97. The molecule has 1 aromatic heterocycles. The number of amides is 1. The fourth-order valence-corrected chi connectivity index (χ4v) is 2.36. The van der Waals surface area contributed by atoms with Gasteiger partial charge in [0.2, 0.25) is 0 Å². The van der Waals surface area contributed by atoms with E-state index in [2.05, 4.69) is 10.2 Å². The molecule has 3 N–H and O–H groups in total. The van der Waals surface area contributed by atoms with E-state index < -0.39 is 0 Å². The van der Waals surface area contributed by atoms with Crippen molar-refractivity contribution in [3.05, 3.63) is 11.4 Å². The Morgan fingerprint density at radius 3 is 2.89 bits per heavy atom. The number of nitrogens with one attached hydrogen (secondary N) is 1. The molecule has 1 atom stereocenters. The van der Waals surface area contributed by atoms with E-state index in [4.69, 9.17) is 10.5 Å². The van der Waals surface area contributed by atoms with E-state index in [0.29, 0.717) is 24.5 Å². The Balaban J connectivity index is 2.08. The predicted molar refractivity (Wildman–Crippen MR) is 72.9 cm³/mol. The van der Waals surface area contributed by atoms with Crippen LogP contribution < -0.4 is 5.73 Å². The van der Waals surface area contributed by atoms with E-state index in [-0.39, 0.29) is 12.0 Å². The summed E-state index contributed by atoms with van der Waals surface area (Å²) in [6, 6.07) is 0. The second kappa shape index (κ2) is 6.06. The molecule has 0 bridgehead atoms. The van der Waals surface area contributed by atoms with Gasteiger partial charge in [-0.05, 0) is 26.2 Å². The standard InChI is InChI=1S/C13H22N4O2/c1-3-10-11(14)12(16-15-10)13(18)17(4-2)8-9-6-5-7-19-9/h9H,3-8,14H2,1-2H3,(H,15,16). The summed E-state index contributed by atoms with van der Waals surface area (Å²) in [7, 11) is 0. The molecule has 1 saturated heterocycles. The zero-order valence-electron chi connectivity index (χ0n) is 11.6. The van der Waals surface area contributed by atoms with Crippen molar-refractivity contribution in [2.24, 2.45) is 0 Å². The van der Waals surface area contributed by atoms with Gasteiger partial charge in [-0.1, -0.05) is 6.92 Å². The molecule has 1 unspecified atom stereocenters. The van der Waals surface area contributed by atoms with Gasteiger partial charge in [0.1, 0.15) is 0 Å². The highest BCUT2D eigenvalue weighted by Crippen LogP contribution is 2.18. The van der Waals surface area contributed by atoms with Crippen LogP contribution in [0, 0.1) is 0 Å². The molecule has 106 valence electrons. The van der Waals surface area contributed by atoms with Crippen LogP contribution in [0.3, 0.4) is 0 Å². The highest BCUT2D eigenvalue weighted by atomic mass is 16.5. The van der Waals surface area contributed by atoms with Gasteiger partial charge in [0.15, 0.2) is 5.69 Å². The third-order valence-corrected chi connectivity index (χ3v) is 3.56. The summed E-state index contributed by atoms with van der Waals surface area (Å²) in [6.07, 6.45) is 2.97. The highest BCUT2D eigenvalue weighted by Gasteiger charge is 2.25. The van der Waals surface area contributed by atoms with Crippen LogP contribution in [0.4, 0.5) is 5.69 Å². The van der Waals surface area contributed by atoms with E-state index in [1.807, 2.05) is 13.8 Å². The third kappa shape index (κ3) is 2.89. The molecule has 0 aliphatic carbocycles. The number of carbonyl (C=O) groups excluding carboxylic acids is 1. The summed E-state index contributed by atoms with van der Waals surface area (Å²) < 4.78 is 5.57. The average molecular weight is 266 g/mol. The van der Waals surface area contributed by atoms with Gasteiger partial charge in [-0.3, -0.25) is 9.89 Å². The lowest BCUT2D eigenvalue weighted by molar-refractivity contribution is 0.0535. The summed E-state index contributed by atoms with van der Waals surface area (Å²) in [4.78, 5) is 14.2. The van der Waals surface area contributed by atoms with Crippen molar-refractivity contribution in [1.82, 2.24) is 15.1 Å². The molecule has 1 aliphatic rings. The number of carbonyl (C=O) groups is 1. The molecular formula is C13H22N4O2. The van der Waals surface area contributed by atoms with Crippen molar-refractivity contribution in [1.29, 1.82) is 0 Å². The summed E-state index contributed by atoms with van der Waals surface area (Å²) in [5, 5.41) is 6.87. The first-order valence-electron chi connectivity index (χ1n) is 6.90. The number of likely N-dealkylation sites (N-methyl/N-ethyl adjacent to an activating group) is 1. The topological polar surface area (TPSA) is 84.2 Å². The lowest BCUT2D eigenvalue weighted by atomic mass is 10.2. The number of hydrogen-bond acceptors (Lipinski definition) is 4. The largest absolute Gasteiger partial charge is 0.395 e. The third-order valence-electron chi connectivity index (χ3n) is 3.56. The fourth-order valence-electron chi connectivity index (χ4n) is 2.36. The van der Waals surface area contributed by atoms with Gasteiger partial charge in [-0.15, -0.1) is 0 Å². The Bertz CT molecular complexity index is 438. The number of ether oxygens (including phenoxy) is 1. The molecule has 6 nitrogen and oxygen atoms in total. The van der Waals surface area contributed by atoms with Crippen LogP contribution in [-0.2, 0) is 11.2 Å². The average Bonchev–Trinajstić information content (AvgIpc) is 3.04. The first kappa shape index (κ1) is 13.9. The maximum absolute atomic E-state index is 12.4. The Kier molecular flexibility index (Phi) is 4.42. The summed E-state index contributed by atoms with van der Waals surface area (Å²) >= 11 is 0. The first-order chi connectivity index (χ1) is 9.17. The highest BCUT2D eigenvalue weighted by molar-refractivity contribution is 5.97. The molecule has 1 fully saturated rings. The molecule has 6 heteroatoms. The Hall–Kier alpha value is -1.56. The molecule has 0 aromatic carbocycles. The zero-order valence-corrected chi connectivity index (χ0v) is 11.6.